The van der Waals surface area contributed by atoms with Crippen LogP contribution in [0.1, 0.15) is 5.69 Å². The molecule has 15 heavy (non-hydrogen) atoms. The van der Waals surface area contributed by atoms with Gasteiger partial charge in [0.05, 0.1) is 5.69 Å². The Morgan fingerprint density at radius 2 is 2.13 bits per heavy atom. The Labute approximate surface area is 101 Å². The summed E-state index contributed by atoms with van der Waals surface area (Å²) in [5.74, 6) is 0.730. The van der Waals surface area contributed by atoms with Gasteiger partial charge in [-0.15, -0.1) is 0 Å². The number of hydrogen-bond donors (Lipinski definition) is 2. The molecule has 78 valence electrons. The predicted molar refractivity (Wildman–Crippen MR) is 64.6 cm³/mol. The topological polar surface area (TPSA) is 54.7 Å². The van der Waals surface area contributed by atoms with Gasteiger partial charge >= 0.3 is 0 Å². The van der Waals surface area contributed by atoms with E-state index in [0.29, 0.717) is 11.7 Å². The van der Waals surface area contributed by atoms with Crippen LogP contribution in [0, 0.1) is 0 Å². The monoisotopic (exact) mass is 285 g/mol. The van der Waals surface area contributed by atoms with E-state index in [1.807, 2.05) is 24.3 Å². The first-order valence-electron chi connectivity index (χ1n) is 4.41. The number of H-pyrrole nitrogens is 1. The van der Waals surface area contributed by atoms with Crippen LogP contribution in [-0.2, 0) is 6.54 Å². The summed E-state index contributed by atoms with van der Waals surface area (Å²) in [6.07, 6.45) is 0. The van der Waals surface area contributed by atoms with Gasteiger partial charge in [0.2, 0.25) is 0 Å². The lowest BCUT2D eigenvalue weighted by molar-refractivity contribution is 1.01. The number of nitrogens with zero attached hydrogens (tertiary/aromatic N) is 1. The zero-order valence-electron chi connectivity index (χ0n) is 7.80. The second kappa shape index (κ2) is 4.35. The zero-order valence-corrected chi connectivity index (χ0v) is 10.1. The predicted octanol–water partition coefficient (Wildman–Crippen LogP) is 2.95. The molecule has 3 N–H and O–H groups in total. The molecule has 0 spiro atoms. The van der Waals surface area contributed by atoms with E-state index in [4.69, 9.17) is 17.3 Å². The van der Waals surface area contributed by atoms with Gasteiger partial charge in [-0.1, -0.05) is 45.7 Å². The van der Waals surface area contributed by atoms with E-state index >= 15 is 0 Å². The van der Waals surface area contributed by atoms with Crippen LogP contribution < -0.4 is 5.73 Å². The molecule has 0 fully saturated rings. The van der Waals surface area contributed by atoms with E-state index < -0.39 is 0 Å². The Hall–Kier alpha value is -0.840. The second-order valence-electron chi connectivity index (χ2n) is 3.04. The Balaban J connectivity index is 2.50. The summed E-state index contributed by atoms with van der Waals surface area (Å²) in [7, 11) is 0. The van der Waals surface area contributed by atoms with Crippen molar-refractivity contribution in [1.82, 2.24) is 9.97 Å². The quantitative estimate of drug-likeness (QED) is 0.892. The van der Waals surface area contributed by atoms with Crippen molar-refractivity contribution in [2.75, 3.05) is 0 Å². The minimum absolute atomic E-state index is 0.357. The SMILES string of the molecule is NCc1[nH]c(-c2ccccc2Br)nc1Cl. The lowest BCUT2D eigenvalue weighted by Gasteiger charge is -1.99. The molecule has 1 aromatic carbocycles. The first kappa shape index (κ1) is 10.7. The molecule has 2 rings (SSSR count). The van der Waals surface area contributed by atoms with Crippen LogP contribution >= 0.6 is 27.5 Å². The standard InChI is InChI=1S/C10H9BrClN3/c11-7-4-2-1-3-6(7)10-14-8(5-13)9(12)15-10/h1-4H,5,13H2,(H,14,15). The smallest absolute Gasteiger partial charge is 0.152 e. The van der Waals surface area contributed by atoms with Crippen LogP contribution in [-0.4, -0.2) is 9.97 Å². The van der Waals surface area contributed by atoms with Crippen molar-refractivity contribution in [3.63, 3.8) is 0 Å². The van der Waals surface area contributed by atoms with E-state index in [0.717, 1.165) is 21.6 Å². The third-order valence-corrected chi connectivity index (χ3v) is 3.07. The first-order valence-corrected chi connectivity index (χ1v) is 5.59. The van der Waals surface area contributed by atoms with Crippen molar-refractivity contribution in [2.45, 2.75) is 6.54 Å². The van der Waals surface area contributed by atoms with Crippen molar-refractivity contribution in [1.29, 1.82) is 0 Å². The van der Waals surface area contributed by atoms with Gasteiger partial charge in [0.25, 0.3) is 0 Å². The van der Waals surface area contributed by atoms with Crippen molar-refractivity contribution >= 4 is 27.5 Å². The fourth-order valence-corrected chi connectivity index (χ4v) is 1.99. The van der Waals surface area contributed by atoms with Crippen LogP contribution in [0.4, 0.5) is 0 Å². The number of benzene rings is 1. The summed E-state index contributed by atoms with van der Waals surface area (Å²) in [6.45, 7) is 0.357. The number of halogens is 2. The number of nitrogens with two attached hydrogens (primary N) is 1. The Morgan fingerprint density at radius 3 is 2.73 bits per heavy atom. The van der Waals surface area contributed by atoms with E-state index in [9.17, 15) is 0 Å². The van der Waals surface area contributed by atoms with Crippen LogP contribution in [0.25, 0.3) is 11.4 Å². The van der Waals surface area contributed by atoms with Gasteiger partial charge in [-0.2, -0.15) is 0 Å². The van der Waals surface area contributed by atoms with Crippen molar-refractivity contribution in [2.24, 2.45) is 5.73 Å². The number of hydrogen-bond acceptors (Lipinski definition) is 2. The summed E-state index contributed by atoms with van der Waals surface area (Å²) < 4.78 is 0.971. The third kappa shape index (κ3) is 2.07. The van der Waals surface area contributed by atoms with Gasteiger partial charge in [0, 0.05) is 16.6 Å². The normalized spacial score (nSPS) is 10.6. The van der Waals surface area contributed by atoms with Gasteiger partial charge in [-0.05, 0) is 6.07 Å². The van der Waals surface area contributed by atoms with Crippen LogP contribution in [0.15, 0.2) is 28.7 Å². The van der Waals surface area contributed by atoms with E-state index in [2.05, 4.69) is 25.9 Å². The fourth-order valence-electron chi connectivity index (χ4n) is 1.30. The minimum atomic E-state index is 0.357. The van der Waals surface area contributed by atoms with Gasteiger partial charge in [0.15, 0.2) is 5.15 Å². The maximum Gasteiger partial charge on any atom is 0.152 e. The molecular formula is C10H9BrClN3. The lowest BCUT2D eigenvalue weighted by atomic mass is 10.2. The Kier molecular flexibility index (Phi) is 3.09. The summed E-state index contributed by atoms with van der Waals surface area (Å²) in [6, 6.07) is 7.80. The molecule has 0 saturated heterocycles. The summed E-state index contributed by atoms with van der Waals surface area (Å²) in [4.78, 5) is 7.30. The molecule has 0 aliphatic rings. The number of aromatic amines is 1. The molecule has 0 unspecified atom stereocenters. The highest BCUT2D eigenvalue weighted by atomic mass is 79.9. The summed E-state index contributed by atoms with van der Waals surface area (Å²) >= 11 is 9.36. The molecule has 2 aromatic rings. The highest BCUT2D eigenvalue weighted by Gasteiger charge is 2.10. The molecule has 0 radical (unpaired) electrons. The summed E-state index contributed by atoms with van der Waals surface area (Å²) in [5.41, 5.74) is 7.24. The molecule has 0 saturated carbocycles. The van der Waals surface area contributed by atoms with Crippen LogP contribution in [0.2, 0.25) is 5.15 Å². The van der Waals surface area contributed by atoms with Gasteiger partial charge in [0.1, 0.15) is 5.82 Å². The summed E-state index contributed by atoms with van der Waals surface area (Å²) in [5, 5.41) is 0.434. The van der Waals surface area contributed by atoms with Crippen molar-refractivity contribution in [3.8, 4) is 11.4 Å². The highest BCUT2D eigenvalue weighted by Crippen LogP contribution is 2.27. The van der Waals surface area contributed by atoms with Crippen molar-refractivity contribution < 1.29 is 0 Å². The molecule has 1 heterocycles. The zero-order chi connectivity index (χ0) is 10.8. The molecular weight excluding hydrogens is 277 g/mol. The molecule has 0 aliphatic carbocycles. The average molecular weight is 287 g/mol. The number of aromatic nitrogens is 2. The largest absolute Gasteiger partial charge is 0.339 e. The lowest BCUT2D eigenvalue weighted by Crippen LogP contribution is -1.96. The van der Waals surface area contributed by atoms with Crippen molar-refractivity contribution in [3.05, 3.63) is 39.6 Å². The first-order chi connectivity index (χ1) is 7.22. The maximum atomic E-state index is 5.91. The van der Waals surface area contributed by atoms with E-state index in [1.165, 1.54) is 0 Å². The van der Waals surface area contributed by atoms with E-state index in [-0.39, 0.29) is 0 Å². The molecule has 0 bridgehead atoms. The third-order valence-electron chi connectivity index (χ3n) is 2.06. The molecule has 1 aromatic heterocycles. The van der Waals surface area contributed by atoms with Gasteiger partial charge < -0.3 is 10.7 Å². The molecule has 3 nitrogen and oxygen atoms in total. The Bertz CT molecular complexity index is 481. The van der Waals surface area contributed by atoms with Gasteiger partial charge in [-0.25, -0.2) is 4.98 Å². The number of nitrogens with one attached hydrogen (secondary N) is 1. The number of rotatable bonds is 2. The fraction of sp³-hybridized carbons (Fsp3) is 0.100. The van der Waals surface area contributed by atoms with E-state index in [1.54, 1.807) is 0 Å². The molecule has 0 amide bonds. The number of imidazole rings is 1. The van der Waals surface area contributed by atoms with Crippen LogP contribution in [0.3, 0.4) is 0 Å². The Morgan fingerprint density at radius 1 is 1.40 bits per heavy atom. The van der Waals surface area contributed by atoms with Crippen LogP contribution in [0.5, 0.6) is 0 Å². The molecule has 0 aliphatic heterocycles. The van der Waals surface area contributed by atoms with Gasteiger partial charge in [-0.3, -0.25) is 0 Å². The molecule has 5 heteroatoms. The minimum Gasteiger partial charge on any atom is -0.339 e. The average Bonchev–Trinajstić information content (AvgIpc) is 2.60. The highest BCUT2D eigenvalue weighted by molar-refractivity contribution is 9.10. The molecule has 0 atom stereocenters. The second-order valence-corrected chi connectivity index (χ2v) is 4.25. The maximum absolute atomic E-state index is 5.91.